The second-order valence-corrected chi connectivity index (χ2v) is 6.97. The Balaban J connectivity index is 1.77. The molecule has 1 aromatic rings. The molecule has 0 bridgehead atoms. The predicted molar refractivity (Wildman–Crippen MR) is 93.5 cm³/mol. The maximum absolute atomic E-state index is 13.0. The van der Waals surface area contributed by atoms with E-state index in [0.29, 0.717) is 28.2 Å². The summed E-state index contributed by atoms with van der Waals surface area (Å²) in [6.45, 7) is 0.804. The number of nitrogens with zero attached hydrogens (tertiary/aromatic N) is 1. The molecule has 0 radical (unpaired) electrons. The van der Waals surface area contributed by atoms with Crippen LogP contribution < -0.4 is 5.32 Å². The lowest BCUT2D eigenvalue weighted by atomic mass is 9.78. The van der Waals surface area contributed by atoms with E-state index in [1.807, 2.05) is 4.90 Å². The molecule has 2 fully saturated rings. The normalized spacial score (nSPS) is 23.3. The second-order valence-electron chi connectivity index (χ2n) is 6.56. The first-order valence-electron chi connectivity index (χ1n) is 8.55. The van der Waals surface area contributed by atoms with Gasteiger partial charge in [-0.3, -0.25) is 10.1 Å². The van der Waals surface area contributed by atoms with E-state index in [4.69, 9.17) is 11.6 Å². The zero-order chi connectivity index (χ0) is 17.1. The van der Waals surface area contributed by atoms with Crippen LogP contribution in [-0.4, -0.2) is 36.6 Å². The van der Waals surface area contributed by atoms with Gasteiger partial charge in [0.2, 0.25) is 0 Å². The van der Waals surface area contributed by atoms with E-state index in [1.54, 1.807) is 18.2 Å². The predicted octanol–water partition coefficient (Wildman–Crippen LogP) is 4.31. The van der Waals surface area contributed by atoms with E-state index in [9.17, 15) is 9.59 Å². The number of methoxy groups -OCH3 is 1. The molecule has 130 valence electrons. The molecule has 2 aliphatic rings. The molecule has 1 aliphatic carbocycles. The first-order valence-corrected chi connectivity index (χ1v) is 8.93. The van der Waals surface area contributed by atoms with Gasteiger partial charge in [0.05, 0.1) is 17.7 Å². The van der Waals surface area contributed by atoms with Crippen molar-refractivity contribution in [3.05, 3.63) is 28.8 Å². The molecule has 2 unspecified atom stereocenters. The summed E-state index contributed by atoms with van der Waals surface area (Å²) in [5.41, 5.74) is 1.01. The Morgan fingerprint density at radius 2 is 1.96 bits per heavy atom. The number of carbonyl (C=O) groups is 2. The number of benzene rings is 1. The molecule has 1 aromatic carbocycles. The summed E-state index contributed by atoms with van der Waals surface area (Å²) in [6, 6.07) is 5.30. The molecule has 1 heterocycles. The lowest BCUT2D eigenvalue weighted by molar-refractivity contribution is 0.0391. The summed E-state index contributed by atoms with van der Waals surface area (Å²) >= 11 is 6.31. The molecule has 1 N–H and O–H groups in total. The highest BCUT2D eigenvalue weighted by molar-refractivity contribution is 6.34. The maximum atomic E-state index is 13.0. The third kappa shape index (κ3) is 3.51. The fourth-order valence-electron chi connectivity index (χ4n) is 3.97. The number of halogens is 1. The second kappa shape index (κ2) is 7.43. The van der Waals surface area contributed by atoms with Crippen molar-refractivity contribution < 1.29 is 14.3 Å². The quantitative estimate of drug-likeness (QED) is 0.864. The molecule has 5 nitrogen and oxygen atoms in total. The third-order valence-corrected chi connectivity index (χ3v) is 5.45. The summed E-state index contributed by atoms with van der Waals surface area (Å²) in [5.74, 6) is 0.636. The molecule has 0 aromatic heterocycles. The van der Waals surface area contributed by atoms with Crippen LogP contribution in [0, 0.1) is 5.92 Å². The van der Waals surface area contributed by atoms with E-state index in [0.717, 1.165) is 19.4 Å². The Morgan fingerprint density at radius 1 is 1.21 bits per heavy atom. The van der Waals surface area contributed by atoms with Crippen LogP contribution in [0.5, 0.6) is 0 Å². The number of carbonyl (C=O) groups excluding carboxylic acids is 2. The molecule has 2 atom stereocenters. The fraction of sp³-hybridized carbons (Fsp3) is 0.556. The largest absolute Gasteiger partial charge is 0.453 e. The van der Waals surface area contributed by atoms with Gasteiger partial charge in [-0.25, -0.2) is 4.79 Å². The van der Waals surface area contributed by atoms with Crippen LogP contribution in [0.3, 0.4) is 0 Å². The van der Waals surface area contributed by atoms with E-state index in [1.165, 1.54) is 32.8 Å². The van der Waals surface area contributed by atoms with Gasteiger partial charge in [0.1, 0.15) is 0 Å². The van der Waals surface area contributed by atoms with Crippen molar-refractivity contribution in [3.63, 3.8) is 0 Å². The van der Waals surface area contributed by atoms with Crippen molar-refractivity contribution in [2.45, 2.75) is 44.6 Å². The fourth-order valence-corrected chi connectivity index (χ4v) is 4.23. The van der Waals surface area contributed by atoms with Crippen LogP contribution in [0.15, 0.2) is 18.2 Å². The van der Waals surface area contributed by atoms with E-state index in [-0.39, 0.29) is 5.91 Å². The van der Waals surface area contributed by atoms with Crippen molar-refractivity contribution >= 4 is 29.3 Å². The number of nitrogens with one attached hydrogen (secondary N) is 1. The molecule has 6 heteroatoms. The number of ether oxygens (including phenoxy) is 1. The zero-order valence-corrected chi connectivity index (χ0v) is 14.6. The van der Waals surface area contributed by atoms with Crippen molar-refractivity contribution in [1.29, 1.82) is 0 Å². The molecular formula is C18H23ClN2O3. The maximum Gasteiger partial charge on any atom is 0.411 e. The van der Waals surface area contributed by atoms with E-state index in [2.05, 4.69) is 10.1 Å². The van der Waals surface area contributed by atoms with Crippen molar-refractivity contribution in [1.82, 2.24) is 4.90 Å². The van der Waals surface area contributed by atoms with Gasteiger partial charge in [-0.15, -0.1) is 0 Å². The number of hydrogen-bond acceptors (Lipinski definition) is 3. The van der Waals surface area contributed by atoms with Gasteiger partial charge in [0.15, 0.2) is 0 Å². The topological polar surface area (TPSA) is 58.6 Å². The average Bonchev–Trinajstić information content (AvgIpc) is 2.60. The van der Waals surface area contributed by atoms with Gasteiger partial charge in [-0.2, -0.15) is 0 Å². The van der Waals surface area contributed by atoms with Gasteiger partial charge in [-0.1, -0.05) is 24.4 Å². The van der Waals surface area contributed by atoms with Crippen LogP contribution in [0.1, 0.15) is 48.9 Å². The van der Waals surface area contributed by atoms with Crippen LogP contribution in [-0.2, 0) is 4.74 Å². The summed E-state index contributed by atoms with van der Waals surface area (Å²) in [6.07, 6.45) is 6.52. The molecule has 1 saturated carbocycles. The number of rotatable bonds is 2. The number of hydrogen-bond donors (Lipinski definition) is 1. The minimum atomic E-state index is -0.564. The summed E-state index contributed by atoms with van der Waals surface area (Å²) in [4.78, 5) is 26.3. The molecule has 1 saturated heterocycles. The first kappa shape index (κ1) is 17.1. The van der Waals surface area contributed by atoms with Crippen molar-refractivity contribution in [2.75, 3.05) is 19.0 Å². The molecular weight excluding hydrogens is 328 g/mol. The third-order valence-electron chi connectivity index (χ3n) is 5.14. The monoisotopic (exact) mass is 350 g/mol. The zero-order valence-electron chi connectivity index (χ0n) is 13.9. The van der Waals surface area contributed by atoms with Crippen LogP contribution in [0.2, 0.25) is 5.02 Å². The molecule has 0 spiro atoms. The average molecular weight is 351 g/mol. The summed E-state index contributed by atoms with van der Waals surface area (Å²) in [5, 5.41) is 2.91. The molecule has 3 rings (SSSR count). The minimum Gasteiger partial charge on any atom is -0.453 e. The van der Waals surface area contributed by atoms with Crippen molar-refractivity contribution in [2.24, 2.45) is 5.92 Å². The smallest absolute Gasteiger partial charge is 0.411 e. The van der Waals surface area contributed by atoms with Gasteiger partial charge in [0, 0.05) is 18.3 Å². The van der Waals surface area contributed by atoms with Crippen LogP contribution >= 0.6 is 11.6 Å². The SMILES string of the molecule is COC(=O)Nc1ccc(C(=O)N2CCCC3CCCCC32)c(Cl)c1. The minimum absolute atomic E-state index is 0.00113. The summed E-state index contributed by atoms with van der Waals surface area (Å²) < 4.78 is 4.56. The highest BCUT2D eigenvalue weighted by atomic mass is 35.5. The van der Waals surface area contributed by atoms with Crippen molar-refractivity contribution in [3.8, 4) is 0 Å². The Morgan fingerprint density at radius 3 is 2.71 bits per heavy atom. The number of likely N-dealkylation sites (tertiary alicyclic amines) is 1. The molecule has 24 heavy (non-hydrogen) atoms. The lowest BCUT2D eigenvalue weighted by Gasteiger charge is -2.44. The standard InChI is InChI=1S/C18H23ClN2O3/c1-24-18(23)20-13-8-9-14(15(19)11-13)17(22)21-10-4-6-12-5-2-3-7-16(12)21/h8-9,11-12,16H,2-7,10H2,1H3,(H,20,23). The van der Waals surface area contributed by atoms with Gasteiger partial charge < -0.3 is 9.64 Å². The van der Waals surface area contributed by atoms with Gasteiger partial charge in [0.25, 0.3) is 5.91 Å². The summed E-state index contributed by atoms with van der Waals surface area (Å²) in [7, 11) is 1.30. The number of fused-ring (bicyclic) bond motifs is 1. The van der Waals surface area contributed by atoms with Crippen LogP contribution in [0.4, 0.5) is 10.5 Å². The Bertz CT molecular complexity index is 633. The van der Waals surface area contributed by atoms with Gasteiger partial charge in [-0.05, 0) is 49.8 Å². The number of anilines is 1. The van der Waals surface area contributed by atoms with E-state index < -0.39 is 6.09 Å². The Labute approximate surface area is 147 Å². The lowest BCUT2D eigenvalue weighted by Crippen LogP contribution is -2.49. The Hall–Kier alpha value is -1.75. The van der Waals surface area contributed by atoms with Crippen LogP contribution in [0.25, 0.3) is 0 Å². The van der Waals surface area contributed by atoms with E-state index >= 15 is 0 Å². The number of amides is 2. The van der Waals surface area contributed by atoms with Gasteiger partial charge >= 0.3 is 6.09 Å². The highest BCUT2D eigenvalue weighted by Gasteiger charge is 2.36. The Kier molecular flexibility index (Phi) is 5.29. The first-order chi connectivity index (χ1) is 11.6. The molecule has 2 amide bonds. The molecule has 1 aliphatic heterocycles. The number of piperidine rings is 1. The highest BCUT2D eigenvalue weighted by Crippen LogP contribution is 2.36.